The highest BCUT2D eigenvalue weighted by Crippen LogP contribution is 2.22. The highest BCUT2D eigenvalue weighted by Gasteiger charge is 2.26. The molecule has 0 spiro atoms. The molecule has 0 unspecified atom stereocenters. The zero-order chi connectivity index (χ0) is 23.0. The number of nitrogens with zero attached hydrogens (tertiary/aromatic N) is 4. The molecular weight excluding hydrogens is 412 g/mol. The smallest absolute Gasteiger partial charge is 0.224 e. The van der Waals surface area contributed by atoms with Gasteiger partial charge in [0.2, 0.25) is 11.8 Å². The fourth-order valence-electron chi connectivity index (χ4n) is 4.96. The van der Waals surface area contributed by atoms with Crippen LogP contribution in [0.4, 0.5) is 0 Å². The molecular formula is C27H36N4O2. The standard InChI is InChI=1S/C27H36N4O2/c1-22-6-2-3-8-25(22)21-29-15-10-23(11-16-29)19-31(20-24-7-4-13-28-18-24)27(33)12-17-30-14-5-9-26(30)32/h2-4,6-8,13,18,23H,5,9-12,14-17,19-21H2,1H3. The molecule has 176 valence electrons. The van der Waals surface area contributed by atoms with E-state index in [1.54, 1.807) is 6.20 Å². The number of piperidine rings is 1. The number of aromatic nitrogens is 1. The number of aryl methyl sites for hydroxylation is 1. The van der Waals surface area contributed by atoms with Gasteiger partial charge in [-0.1, -0.05) is 30.3 Å². The highest BCUT2D eigenvalue weighted by atomic mass is 16.2. The van der Waals surface area contributed by atoms with Crippen LogP contribution < -0.4 is 0 Å². The van der Waals surface area contributed by atoms with Gasteiger partial charge >= 0.3 is 0 Å². The van der Waals surface area contributed by atoms with Crippen LogP contribution in [0.15, 0.2) is 48.8 Å². The first kappa shape index (κ1) is 23.4. The van der Waals surface area contributed by atoms with E-state index >= 15 is 0 Å². The summed E-state index contributed by atoms with van der Waals surface area (Å²) >= 11 is 0. The van der Waals surface area contributed by atoms with Gasteiger partial charge in [-0.2, -0.15) is 0 Å². The van der Waals surface area contributed by atoms with Crippen molar-refractivity contribution in [3.05, 3.63) is 65.5 Å². The van der Waals surface area contributed by atoms with Crippen molar-refractivity contribution in [1.82, 2.24) is 19.7 Å². The van der Waals surface area contributed by atoms with Crippen molar-refractivity contribution in [3.8, 4) is 0 Å². The summed E-state index contributed by atoms with van der Waals surface area (Å²) in [5.74, 6) is 0.829. The third-order valence-electron chi connectivity index (χ3n) is 7.06. The molecule has 4 rings (SSSR count). The molecule has 6 nitrogen and oxygen atoms in total. The first-order valence-electron chi connectivity index (χ1n) is 12.3. The molecule has 0 saturated carbocycles. The number of hydrogen-bond acceptors (Lipinski definition) is 4. The van der Waals surface area contributed by atoms with E-state index in [1.807, 2.05) is 28.1 Å². The van der Waals surface area contributed by atoms with Crippen molar-refractivity contribution in [1.29, 1.82) is 0 Å². The summed E-state index contributed by atoms with van der Waals surface area (Å²) in [5, 5.41) is 0. The average molecular weight is 449 g/mol. The number of carbonyl (C=O) groups excluding carboxylic acids is 2. The van der Waals surface area contributed by atoms with Crippen LogP contribution in [-0.2, 0) is 22.7 Å². The van der Waals surface area contributed by atoms with Crippen LogP contribution in [0.2, 0.25) is 0 Å². The van der Waals surface area contributed by atoms with Gasteiger partial charge in [0.15, 0.2) is 0 Å². The first-order valence-corrected chi connectivity index (χ1v) is 12.3. The Bertz CT molecular complexity index is 925. The molecule has 3 heterocycles. The summed E-state index contributed by atoms with van der Waals surface area (Å²) in [6.07, 6.45) is 7.74. The number of hydrogen-bond donors (Lipinski definition) is 0. The quantitative estimate of drug-likeness (QED) is 0.588. The van der Waals surface area contributed by atoms with Crippen molar-refractivity contribution >= 4 is 11.8 Å². The third kappa shape index (κ3) is 6.64. The molecule has 1 aromatic heterocycles. The normalized spacial score (nSPS) is 17.5. The van der Waals surface area contributed by atoms with Crippen LogP contribution in [0.3, 0.4) is 0 Å². The minimum atomic E-state index is 0.140. The molecule has 0 bridgehead atoms. The molecule has 33 heavy (non-hydrogen) atoms. The minimum absolute atomic E-state index is 0.140. The third-order valence-corrected chi connectivity index (χ3v) is 7.06. The minimum Gasteiger partial charge on any atom is -0.342 e. The monoisotopic (exact) mass is 448 g/mol. The van der Waals surface area contributed by atoms with Crippen molar-refractivity contribution in [2.24, 2.45) is 5.92 Å². The van der Waals surface area contributed by atoms with Crippen LogP contribution in [0.1, 0.15) is 48.8 Å². The average Bonchev–Trinajstić information content (AvgIpc) is 3.25. The molecule has 2 aliphatic rings. The molecule has 2 aromatic rings. The van der Waals surface area contributed by atoms with E-state index in [0.717, 1.165) is 57.5 Å². The number of amides is 2. The second-order valence-corrected chi connectivity index (χ2v) is 9.52. The predicted octanol–water partition coefficient (Wildman–Crippen LogP) is 3.64. The van der Waals surface area contributed by atoms with Crippen molar-refractivity contribution in [3.63, 3.8) is 0 Å². The first-order chi connectivity index (χ1) is 16.1. The van der Waals surface area contributed by atoms with Crippen molar-refractivity contribution in [2.45, 2.75) is 52.1 Å². The molecule has 0 N–H and O–H groups in total. The summed E-state index contributed by atoms with van der Waals surface area (Å²) in [6, 6.07) is 12.6. The van der Waals surface area contributed by atoms with E-state index in [9.17, 15) is 9.59 Å². The fourth-order valence-corrected chi connectivity index (χ4v) is 4.96. The van der Waals surface area contributed by atoms with Gasteiger partial charge in [-0.05, 0) is 68.0 Å². The lowest BCUT2D eigenvalue weighted by Crippen LogP contribution is -2.41. The van der Waals surface area contributed by atoms with Gasteiger partial charge in [0.1, 0.15) is 0 Å². The van der Waals surface area contributed by atoms with Gasteiger partial charge in [0.25, 0.3) is 0 Å². The zero-order valence-corrected chi connectivity index (χ0v) is 19.8. The Labute approximate surface area is 197 Å². The number of benzene rings is 1. The zero-order valence-electron chi connectivity index (χ0n) is 19.8. The molecule has 0 atom stereocenters. The van der Waals surface area contributed by atoms with E-state index in [1.165, 1.54) is 11.1 Å². The lowest BCUT2D eigenvalue weighted by Gasteiger charge is -2.35. The Morgan fingerprint density at radius 2 is 1.94 bits per heavy atom. The maximum atomic E-state index is 13.2. The van der Waals surface area contributed by atoms with Crippen LogP contribution >= 0.6 is 0 Å². The molecule has 6 heteroatoms. The Morgan fingerprint density at radius 1 is 1.12 bits per heavy atom. The van der Waals surface area contributed by atoms with Crippen molar-refractivity contribution < 1.29 is 9.59 Å². The molecule has 2 fully saturated rings. The number of rotatable bonds is 9. The summed E-state index contributed by atoms with van der Waals surface area (Å²) in [5.41, 5.74) is 3.81. The van der Waals surface area contributed by atoms with Crippen LogP contribution in [0, 0.1) is 12.8 Å². The number of likely N-dealkylation sites (tertiary alicyclic amines) is 2. The largest absolute Gasteiger partial charge is 0.342 e. The fraction of sp³-hybridized carbons (Fsp3) is 0.519. The Morgan fingerprint density at radius 3 is 2.64 bits per heavy atom. The van der Waals surface area contributed by atoms with Gasteiger partial charge in [0, 0.05) is 58.0 Å². The topological polar surface area (TPSA) is 56.8 Å². The lowest BCUT2D eigenvalue weighted by molar-refractivity contribution is -0.134. The van der Waals surface area contributed by atoms with Crippen LogP contribution in [0.25, 0.3) is 0 Å². The SMILES string of the molecule is Cc1ccccc1CN1CCC(CN(Cc2cccnc2)C(=O)CCN2CCCC2=O)CC1. The molecule has 2 saturated heterocycles. The number of carbonyl (C=O) groups is 2. The van der Waals surface area contributed by atoms with E-state index in [0.29, 0.717) is 31.8 Å². The molecule has 0 radical (unpaired) electrons. The van der Waals surface area contributed by atoms with Gasteiger partial charge in [-0.15, -0.1) is 0 Å². The van der Waals surface area contributed by atoms with Crippen molar-refractivity contribution in [2.75, 3.05) is 32.7 Å². The Balaban J connectivity index is 1.32. The maximum absolute atomic E-state index is 13.2. The number of pyridine rings is 1. The Hall–Kier alpha value is -2.73. The second kappa shape index (κ2) is 11.4. The summed E-state index contributed by atoms with van der Waals surface area (Å²) in [7, 11) is 0. The summed E-state index contributed by atoms with van der Waals surface area (Å²) in [4.78, 5) is 35.7. The molecule has 2 aliphatic heterocycles. The summed E-state index contributed by atoms with van der Waals surface area (Å²) in [6.45, 7) is 8.00. The van der Waals surface area contributed by atoms with Crippen LogP contribution in [0.5, 0.6) is 0 Å². The highest BCUT2D eigenvalue weighted by molar-refractivity contribution is 5.80. The van der Waals surface area contributed by atoms with Gasteiger partial charge in [0.05, 0.1) is 0 Å². The van der Waals surface area contributed by atoms with E-state index < -0.39 is 0 Å². The van der Waals surface area contributed by atoms with Gasteiger partial charge in [-0.3, -0.25) is 19.5 Å². The lowest BCUT2D eigenvalue weighted by atomic mass is 9.95. The Kier molecular flexibility index (Phi) is 8.10. The van der Waals surface area contributed by atoms with Crippen LogP contribution in [-0.4, -0.2) is 64.2 Å². The van der Waals surface area contributed by atoms with Gasteiger partial charge < -0.3 is 9.80 Å². The molecule has 1 aromatic carbocycles. The molecule has 2 amide bonds. The van der Waals surface area contributed by atoms with E-state index in [-0.39, 0.29) is 11.8 Å². The maximum Gasteiger partial charge on any atom is 0.224 e. The van der Waals surface area contributed by atoms with E-state index in [4.69, 9.17) is 0 Å². The van der Waals surface area contributed by atoms with Gasteiger partial charge in [-0.25, -0.2) is 0 Å². The van der Waals surface area contributed by atoms with E-state index in [2.05, 4.69) is 41.1 Å². The molecule has 0 aliphatic carbocycles. The second-order valence-electron chi connectivity index (χ2n) is 9.52. The predicted molar refractivity (Wildman–Crippen MR) is 129 cm³/mol. The summed E-state index contributed by atoms with van der Waals surface area (Å²) < 4.78 is 0.